The summed E-state index contributed by atoms with van der Waals surface area (Å²) in [6, 6.07) is 12.0. The highest BCUT2D eigenvalue weighted by molar-refractivity contribution is 7.89. The van der Waals surface area contributed by atoms with Crippen LogP contribution in [-0.4, -0.2) is 49.4 Å². The number of piperidine rings is 1. The molecular weight excluding hydrogens is 510 g/mol. The van der Waals surface area contributed by atoms with Crippen molar-refractivity contribution in [2.45, 2.75) is 57.4 Å². The number of carbonyl (C=O) groups excluding carboxylic acids is 2. The van der Waals surface area contributed by atoms with Crippen LogP contribution in [0.5, 0.6) is 0 Å². The van der Waals surface area contributed by atoms with Crippen LogP contribution in [0, 0.1) is 5.92 Å². The minimum atomic E-state index is -3.61. The maximum Gasteiger partial charge on any atom is 0.325 e. The molecule has 0 bridgehead atoms. The molecule has 2 heterocycles. The van der Waals surface area contributed by atoms with E-state index in [-0.39, 0.29) is 17.0 Å². The molecule has 1 atom stereocenters. The fourth-order valence-electron chi connectivity index (χ4n) is 4.52. The summed E-state index contributed by atoms with van der Waals surface area (Å²) in [7, 11) is -2.29. The Bertz CT molecular complexity index is 1460. The maximum atomic E-state index is 13.1. The van der Waals surface area contributed by atoms with Crippen LogP contribution in [0.4, 0.5) is 0 Å². The highest BCUT2D eigenvalue weighted by Crippen LogP contribution is 2.24. The number of aryl methyl sites for hydroxylation is 1. The number of fused-ring (bicyclic) bond motifs is 1. The highest BCUT2D eigenvalue weighted by atomic mass is 32.2. The molecule has 1 unspecified atom stereocenters. The Labute approximate surface area is 221 Å². The summed E-state index contributed by atoms with van der Waals surface area (Å²) in [5.41, 5.74) is 2.27. The van der Waals surface area contributed by atoms with Gasteiger partial charge >= 0.3 is 5.97 Å². The summed E-state index contributed by atoms with van der Waals surface area (Å²) in [6.07, 6.45) is 5.00. The number of aromatic nitrogens is 1. The third-order valence-corrected chi connectivity index (χ3v) is 9.56. The lowest BCUT2D eigenvalue weighted by Crippen LogP contribution is -2.39. The number of carbonyl (C=O) groups is 2. The third kappa shape index (κ3) is 6.19. The minimum absolute atomic E-state index is 0.0671. The number of esters is 1. The molecule has 8 nitrogen and oxygen atoms in total. The zero-order valence-corrected chi connectivity index (χ0v) is 23.1. The molecule has 37 heavy (non-hydrogen) atoms. The topological polar surface area (TPSA) is 98.0 Å². The van der Waals surface area contributed by atoms with E-state index in [4.69, 9.17) is 4.74 Å². The van der Waals surface area contributed by atoms with Gasteiger partial charge in [-0.15, -0.1) is 0 Å². The maximum absolute atomic E-state index is 13.1. The second-order valence-corrected chi connectivity index (χ2v) is 12.5. The van der Waals surface area contributed by atoms with E-state index in [1.54, 1.807) is 4.57 Å². The van der Waals surface area contributed by atoms with Gasteiger partial charge in [-0.3, -0.25) is 9.59 Å². The standard InChI is InChI=1S/C27H33N3O5S2/c1-4-5-8-20-9-14-23-24(16-20)36-27(30(23)18-25(31)35-3)28-26(32)21-10-12-22(13-11-21)37(33,34)29-15-6-7-19(2)17-29/h9-14,16,19H,4-8,15,17-18H2,1-3H3. The SMILES string of the molecule is CCCCc1ccc2c(c1)sc(=NC(=O)c1ccc(S(=O)(=O)N3CCCC(C)C3)cc1)n2CC(=O)OC. The van der Waals surface area contributed by atoms with Crippen molar-refractivity contribution < 1.29 is 22.7 Å². The number of methoxy groups -OCH3 is 1. The molecule has 1 aliphatic rings. The first kappa shape index (κ1) is 27.2. The average molecular weight is 544 g/mol. The lowest BCUT2D eigenvalue weighted by atomic mass is 10.0. The molecule has 0 radical (unpaired) electrons. The first-order valence-electron chi connectivity index (χ1n) is 12.6. The number of hydrogen-bond donors (Lipinski definition) is 0. The van der Waals surface area contributed by atoms with E-state index in [1.165, 1.54) is 52.6 Å². The van der Waals surface area contributed by atoms with Gasteiger partial charge in [0.1, 0.15) is 6.54 Å². The number of amides is 1. The molecule has 1 fully saturated rings. The van der Waals surface area contributed by atoms with E-state index in [0.717, 1.165) is 42.3 Å². The van der Waals surface area contributed by atoms with Gasteiger partial charge in [-0.05, 0) is 73.6 Å². The van der Waals surface area contributed by atoms with Crippen LogP contribution >= 0.6 is 11.3 Å². The molecule has 1 saturated heterocycles. The van der Waals surface area contributed by atoms with Gasteiger partial charge in [-0.25, -0.2) is 8.42 Å². The van der Waals surface area contributed by atoms with Gasteiger partial charge in [0.2, 0.25) is 10.0 Å². The molecule has 3 aromatic rings. The van der Waals surface area contributed by atoms with Crippen molar-refractivity contribution in [1.29, 1.82) is 0 Å². The molecule has 0 spiro atoms. The first-order valence-corrected chi connectivity index (χ1v) is 14.9. The van der Waals surface area contributed by atoms with Crippen molar-refractivity contribution in [1.82, 2.24) is 8.87 Å². The van der Waals surface area contributed by atoms with Gasteiger partial charge in [0.15, 0.2) is 4.80 Å². The van der Waals surface area contributed by atoms with Crippen LogP contribution in [0.15, 0.2) is 52.4 Å². The Hall–Kier alpha value is -2.82. The number of hydrogen-bond acceptors (Lipinski definition) is 6. The molecule has 1 aliphatic heterocycles. The molecule has 10 heteroatoms. The van der Waals surface area contributed by atoms with Crippen LogP contribution in [-0.2, 0) is 32.5 Å². The fourth-order valence-corrected chi connectivity index (χ4v) is 7.21. The zero-order valence-electron chi connectivity index (χ0n) is 21.5. The Morgan fingerprint density at radius 2 is 1.92 bits per heavy atom. The van der Waals surface area contributed by atoms with Gasteiger partial charge in [0.25, 0.3) is 5.91 Å². The van der Waals surface area contributed by atoms with Crippen LogP contribution < -0.4 is 4.80 Å². The highest BCUT2D eigenvalue weighted by Gasteiger charge is 2.28. The predicted molar refractivity (Wildman–Crippen MR) is 144 cm³/mol. The Balaban J connectivity index is 1.65. The van der Waals surface area contributed by atoms with Crippen molar-refractivity contribution in [3.8, 4) is 0 Å². The van der Waals surface area contributed by atoms with Gasteiger partial charge < -0.3 is 9.30 Å². The second kappa shape index (κ2) is 11.7. The number of ether oxygens (including phenoxy) is 1. The molecule has 0 saturated carbocycles. The molecule has 0 N–H and O–H groups in total. The number of sulfonamides is 1. The number of unbranched alkanes of at least 4 members (excludes halogenated alkanes) is 1. The summed E-state index contributed by atoms with van der Waals surface area (Å²) in [6.45, 7) is 5.14. The van der Waals surface area contributed by atoms with Crippen molar-refractivity contribution >= 4 is 43.5 Å². The fraction of sp³-hybridized carbons (Fsp3) is 0.444. The number of rotatable bonds is 8. The molecule has 0 aliphatic carbocycles. The molecule has 2 aromatic carbocycles. The van der Waals surface area contributed by atoms with Crippen molar-refractivity contribution in [3.63, 3.8) is 0 Å². The smallest absolute Gasteiger partial charge is 0.325 e. The Morgan fingerprint density at radius 1 is 1.16 bits per heavy atom. The first-order chi connectivity index (χ1) is 17.7. The van der Waals surface area contributed by atoms with E-state index >= 15 is 0 Å². The Kier molecular flexibility index (Phi) is 8.61. The number of thiazole rings is 1. The monoisotopic (exact) mass is 543 g/mol. The zero-order chi connectivity index (χ0) is 26.6. The number of nitrogens with zero attached hydrogens (tertiary/aromatic N) is 3. The quantitative estimate of drug-likeness (QED) is 0.393. The van der Waals surface area contributed by atoms with Gasteiger partial charge in [0.05, 0.1) is 22.2 Å². The summed E-state index contributed by atoms with van der Waals surface area (Å²) in [5.74, 6) is -0.624. The molecular formula is C27H33N3O5S2. The van der Waals surface area contributed by atoms with Crippen molar-refractivity contribution in [2.75, 3.05) is 20.2 Å². The molecule has 1 amide bonds. The summed E-state index contributed by atoms with van der Waals surface area (Å²) in [4.78, 5) is 30.0. The minimum Gasteiger partial charge on any atom is -0.468 e. The van der Waals surface area contributed by atoms with Gasteiger partial charge in [-0.2, -0.15) is 9.30 Å². The van der Waals surface area contributed by atoms with E-state index < -0.39 is 21.9 Å². The molecule has 4 rings (SSSR count). The molecule has 1 aromatic heterocycles. The lowest BCUT2D eigenvalue weighted by Gasteiger charge is -2.30. The summed E-state index contributed by atoms with van der Waals surface area (Å²) >= 11 is 1.34. The van der Waals surface area contributed by atoms with E-state index in [2.05, 4.69) is 24.9 Å². The van der Waals surface area contributed by atoms with Crippen molar-refractivity contribution in [3.05, 3.63) is 58.4 Å². The average Bonchev–Trinajstić information content (AvgIpc) is 3.23. The normalized spacial score (nSPS) is 17.3. The van der Waals surface area contributed by atoms with Crippen LogP contribution in [0.2, 0.25) is 0 Å². The number of benzene rings is 2. The third-order valence-electron chi connectivity index (χ3n) is 6.64. The molecule has 198 valence electrons. The van der Waals surface area contributed by atoms with E-state index in [1.807, 2.05) is 12.1 Å². The van der Waals surface area contributed by atoms with Crippen LogP contribution in [0.3, 0.4) is 0 Å². The summed E-state index contributed by atoms with van der Waals surface area (Å²) in [5, 5.41) is 0. The van der Waals surface area contributed by atoms with Crippen LogP contribution in [0.1, 0.15) is 55.5 Å². The van der Waals surface area contributed by atoms with Crippen molar-refractivity contribution in [2.24, 2.45) is 10.9 Å². The largest absolute Gasteiger partial charge is 0.468 e. The van der Waals surface area contributed by atoms with Gasteiger partial charge in [-0.1, -0.05) is 37.7 Å². The van der Waals surface area contributed by atoms with Gasteiger partial charge in [0, 0.05) is 18.7 Å². The summed E-state index contributed by atoms with van der Waals surface area (Å²) < 4.78 is 35.1. The Morgan fingerprint density at radius 3 is 2.59 bits per heavy atom. The second-order valence-electron chi connectivity index (χ2n) is 9.50. The van der Waals surface area contributed by atoms with E-state index in [9.17, 15) is 18.0 Å². The predicted octanol–water partition coefficient (Wildman–Crippen LogP) is 4.38. The van der Waals surface area contributed by atoms with E-state index in [0.29, 0.717) is 23.8 Å². The lowest BCUT2D eigenvalue weighted by molar-refractivity contribution is -0.141. The van der Waals surface area contributed by atoms with Crippen LogP contribution in [0.25, 0.3) is 10.2 Å².